The van der Waals surface area contributed by atoms with Crippen LogP contribution < -0.4 is 5.73 Å². The van der Waals surface area contributed by atoms with Crippen molar-refractivity contribution in [2.75, 3.05) is 0 Å². The number of aromatic hydroxyl groups is 2. The Kier molecular flexibility index (Phi) is 3.71. The average Bonchev–Trinajstić information content (AvgIpc) is 2.13. The van der Waals surface area contributed by atoms with E-state index in [-0.39, 0.29) is 10.0 Å². The molecule has 88 valence electrons. The molecule has 16 heavy (non-hydrogen) atoms. The second-order valence-corrected chi connectivity index (χ2v) is 3.95. The Morgan fingerprint density at radius 2 is 2.12 bits per heavy atom. The van der Waals surface area contributed by atoms with Crippen LogP contribution >= 0.6 is 15.9 Å². The number of benzene rings is 1. The molecule has 1 aromatic carbocycles. The molecule has 0 bridgehead atoms. The molecule has 0 spiro atoms. The zero-order chi connectivity index (χ0) is 12.5. The Morgan fingerprint density at radius 1 is 1.56 bits per heavy atom. The lowest BCUT2D eigenvalue weighted by atomic mass is 10.0. The summed E-state index contributed by atoms with van der Waals surface area (Å²) in [6.45, 7) is 0. The molecule has 1 atom stereocenters. The molecular weight excluding hydrogens is 285 g/mol. The molecule has 0 saturated carbocycles. The lowest BCUT2D eigenvalue weighted by Gasteiger charge is -2.14. The summed E-state index contributed by atoms with van der Waals surface area (Å²) >= 11 is 2.85. The first-order chi connectivity index (χ1) is 7.34. The van der Waals surface area contributed by atoms with Crippen LogP contribution in [0.5, 0.6) is 11.5 Å². The fraction of sp³-hybridized carbons (Fsp3) is 0.222. The molecule has 0 aromatic heterocycles. The van der Waals surface area contributed by atoms with Gasteiger partial charge in [0.25, 0.3) is 0 Å². The van der Waals surface area contributed by atoms with Crippen molar-refractivity contribution in [3.8, 4) is 11.5 Å². The van der Waals surface area contributed by atoms with Crippen molar-refractivity contribution in [2.24, 2.45) is 5.73 Å². The molecule has 5 nitrogen and oxygen atoms in total. The Hall–Kier alpha value is -1.34. The second-order valence-electron chi connectivity index (χ2n) is 3.16. The Labute approximate surface area is 98.4 Å². The Bertz CT molecular complexity index is 438. The van der Waals surface area contributed by atoms with E-state index in [9.17, 15) is 14.3 Å². The number of hydrogen-bond acceptors (Lipinski definition) is 4. The molecule has 7 heteroatoms. The first kappa shape index (κ1) is 12.7. The lowest BCUT2D eigenvalue weighted by molar-refractivity contribution is -0.137. The van der Waals surface area contributed by atoms with Crippen LogP contribution in [0, 0.1) is 5.82 Å². The van der Waals surface area contributed by atoms with Crippen LogP contribution in [-0.4, -0.2) is 21.3 Å². The molecule has 0 aliphatic heterocycles. The van der Waals surface area contributed by atoms with Crippen molar-refractivity contribution in [3.05, 3.63) is 21.9 Å². The van der Waals surface area contributed by atoms with Crippen LogP contribution in [0.3, 0.4) is 0 Å². The summed E-state index contributed by atoms with van der Waals surface area (Å²) in [6.07, 6.45) is -0.486. The molecule has 0 heterocycles. The average molecular weight is 294 g/mol. The van der Waals surface area contributed by atoms with E-state index in [0.717, 1.165) is 0 Å². The highest BCUT2D eigenvalue weighted by Crippen LogP contribution is 2.40. The van der Waals surface area contributed by atoms with Crippen LogP contribution in [-0.2, 0) is 4.79 Å². The number of carboxylic acid groups (broad SMARTS) is 1. The van der Waals surface area contributed by atoms with E-state index in [1.807, 2.05) is 0 Å². The van der Waals surface area contributed by atoms with Crippen LogP contribution in [0.1, 0.15) is 18.0 Å². The second kappa shape index (κ2) is 4.67. The van der Waals surface area contributed by atoms with Gasteiger partial charge in [-0.2, -0.15) is 0 Å². The number of halogens is 2. The van der Waals surface area contributed by atoms with Crippen molar-refractivity contribution >= 4 is 21.9 Å². The summed E-state index contributed by atoms with van der Waals surface area (Å²) < 4.78 is 13.3. The first-order valence-corrected chi connectivity index (χ1v) is 5.01. The number of phenolic OH excluding ortho intramolecular Hbond substituents is 2. The third-order valence-corrected chi connectivity index (χ3v) is 2.78. The number of phenols is 2. The summed E-state index contributed by atoms with van der Waals surface area (Å²) in [7, 11) is 0. The third kappa shape index (κ3) is 2.42. The van der Waals surface area contributed by atoms with Gasteiger partial charge in [0.2, 0.25) is 0 Å². The molecule has 1 unspecified atom stereocenters. The molecule has 5 N–H and O–H groups in total. The van der Waals surface area contributed by atoms with Gasteiger partial charge in [-0.25, -0.2) is 4.39 Å². The van der Waals surface area contributed by atoms with Crippen LogP contribution in [0.15, 0.2) is 10.5 Å². The van der Waals surface area contributed by atoms with Crippen molar-refractivity contribution in [1.29, 1.82) is 0 Å². The number of nitrogens with two attached hydrogens (primary N) is 1. The molecule has 0 fully saturated rings. The van der Waals surface area contributed by atoms with Crippen LogP contribution in [0.2, 0.25) is 0 Å². The molecule has 0 amide bonds. The first-order valence-electron chi connectivity index (χ1n) is 4.21. The number of aliphatic carboxylic acids is 1. The molecule has 0 radical (unpaired) electrons. The summed E-state index contributed by atoms with van der Waals surface area (Å²) in [6, 6.07) is -0.435. The molecular formula is C9H9BrFNO4. The van der Waals surface area contributed by atoms with Gasteiger partial charge in [-0.05, 0) is 15.9 Å². The van der Waals surface area contributed by atoms with Crippen LogP contribution in [0.25, 0.3) is 0 Å². The fourth-order valence-electron chi connectivity index (χ4n) is 1.24. The highest BCUT2D eigenvalue weighted by molar-refractivity contribution is 9.10. The minimum atomic E-state index is -1.19. The predicted octanol–water partition coefficient (Wildman–Crippen LogP) is 1.47. The van der Waals surface area contributed by atoms with E-state index in [1.54, 1.807) is 0 Å². The maximum absolute atomic E-state index is 13.4. The zero-order valence-corrected chi connectivity index (χ0v) is 9.53. The summed E-state index contributed by atoms with van der Waals surface area (Å²) in [4.78, 5) is 10.4. The molecule has 0 aliphatic carbocycles. The minimum Gasteiger partial charge on any atom is -0.504 e. The summed E-state index contributed by atoms with van der Waals surface area (Å²) in [5, 5.41) is 26.9. The van der Waals surface area contributed by atoms with E-state index >= 15 is 0 Å². The summed E-state index contributed by atoms with van der Waals surface area (Å²) in [5.74, 6) is -3.28. The van der Waals surface area contributed by atoms with Gasteiger partial charge in [0, 0.05) is 17.7 Å². The Balaban J connectivity index is 3.23. The number of carbonyl (C=O) groups is 1. The highest BCUT2D eigenvalue weighted by Gasteiger charge is 2.22. The maximum Gasteiger partial charge on any atom is 0.305 e. The number of carboxylic acids is 1. The molecule has 0 saturated heterocycles. The SMILES string of the molecule is NC(CC(=O)O)c1c(F)cc(O)c(O)c1Br. The van der Waals surface area contributed by atoms with E-state index < -0.39 is 35.7 Å². The summed E-state index contributed by atoms with van der Waals surface area (Å²) in [5.41, 5.74) is 5.29. The quantitative estimate of drug-likeness (QED) is 0.632. The fourth-order valence-corrected chi connectivity index (χ4v) is 1.93. The van der Waals surface area contributed by atoms with Gasteiger partial charge in [-0.1, -0.05) is 0 Å². The standard InChI is InChI=1S/C9H9BrFNO4/c10-8-7(4(12)2-6(14)15)3(11)1-5(13)9(8)16/h1,4,13,16H,2,12H2,(H,14,15). The largest absolute Gasteiger partial charge is 0.504 e. The molecule has 1 rings (SSSR count). The van der Waals surface area contributed by atoms with E-state index in [0.29, 0.717) is 6.07 Å². The van der Waals surface area contributed by atoms with Gasteiger partial charge in [0.15, 0.2) is 11.5 Å². The zero-order valence-electron chi connectivity index (χ0n) is 7.94. The Morgan fingerprint density at radius 3 is 2.62 bits per heavy atom. The minimum absolute atomic E-state index is 0.140. The predicted molar refractivity (Wildman–Crippen MR) is 56.6 cm³/mol. The van der Waals surface area contributed by atoms with Gasteiger partial charge in [-0.3, -0.25) is 4.79 Å². The number of rotatable bonds is 3. The van der Waals surface area contributed by atoms with Crippen molar-refractivity contribution in [2.45, 2.75) is 12.5 Å². The van der Waals surface area contributed by atoms with Gasteiger partial charge in [0.1, 0.15) is 5.82 Å². The maximum atomic E-state index is 13.4. The van der Waals surface area contributed by atoms with E-state index in [4.69, 9.17) is 15.9 Å². The van der Waals surface area contributed by atoms with Gasteiger partial charge < -0.3 is 21.1 Å². The highest BCUT2D eigenvalue weighted by atomic mass is 79.9. The van der Waals surface area contributed by atoms with E-state index in [1.165, 1.54) is 0 Å². The third-order valence-electron chi connectivity index (χ3n) is 1.97. The smallest absolute Gasteiger partial charge is 0.305 e. The topological polar surface area (TPSA) is 104 Å². The molecule has 1 aromatic rings. The van der Waals surface area contributed by atoms with Crippen molar-refractivity contribution < 1.29 is 24.5 Å². The van der Waals surface area contributed by atoms with Crippen molar-refractivity contribution in [3.63, 3.8) is 0 Å². The van der Waals surface area contributed by atoms with E-state index in [2.05, 4.69) is 15.9 Å². The van der Waals surface area contributed by atoms with Gasteiger partial charge in [-0.15, -0.1) is 0 Å². The van der Waals surface area contributed by atoms with Crippen molar-refractivity contribution in [1.82, 2.24) is 0 Å². The monoisotopic (exact) mass is 293 g/mol. The van der Waals surface area contributed by atoms with Crippen LogP contribution in [0.4, 0.5) is 4.39 Å². The molecule has 0 aliphatic rings. The van der Waals surface area contributed by atoms with Gasteiger partial charge in [0.05, 0.1) is 10.9 Å². The normalized spacial score (nSPS) is 12.4. The lowest BCUT2D eigenvalue weighted by Crippen LogP contribution is -2.17. The number of hydrogen-bond donors (Lipinski definition) is 4. The van der Waals surface area contributed by atoms with Gasteiger partial charge >= 0.3 is 5.97 Å².